The molecule has 4 heteroatoms. The van der Waals surface area contributed by atoms with Crippen molar-refractivity contribution in [2.24, 2.45) is 0 Å². The number of ether oxygens (including phenoxy) is 1. The van der Waals surface area contributed by atoms with Gasteiger partial charge in [-0.15, -0.1) is 0 Å². The van der Waals surface area contributed by atoms with Crippen LogP contribution in [0.15, 0.2) is 54.6 Å². The van der Waals surface area contributed by atoms with Crippen LogP contribution in [0.5, 0.6) is 5.75 Å². The normalized spacial score (nSPS) is 10.6. The Kier molecular flexibility index (Phi) is 4.61. The van der Waals surface area contributed by atoms with E-state index in [4.69, 9.17) is 10.5 Å². The molecule has 0 heterocycles. The minimum absolute atomic E-state index is 0.101. The van der Waals surface area contributed by atoms with E-state index in [1.165, 1.54) is 6.08 Å². The molecule has 0 unspecified atom stereocenters. The molecular weight excluding hydrogens is 264 g/mol. The Hall–Kier alpha value is -2.75. The van der Waals surface area contributed by atoms with E-state index >= 15 is 0 Å². The Morgan fingerprint density at radius 2 is 1.90 bits per heavy atom. The number of rotatable bonds is 4. The van der Waals surface area contributed by atoms with Crippen molar-refractivity contribution in [1.29, 1.82) is 0 Å². The number of carbonyl (C=O) groups excluding carboxylic acids is 1. The summed E-state index contributed by atoms with van der Waals surface area (Å²) in [7, 11) is 3.31. The maximum absolute atomic E-state index is 12.1. The summed E-state index contributed by atoms with van der Waals surface area (Å²) in [5.41, 5.74) is 8.08. The summed E-state index contributed by atoms with van der Waals surface area (Å²) < 4.78 is 5.10. The van der Waals surface area contributed by atoms with Crippen LogP contribution in [-0.2, 0) is 4.79 Å². The highest BCUT2D eigenvalue weighted by Gasteiger charge is 2.06. The number of anilines is 2. The SMILES string of the molecule is COc1ccc(/C=C/C(=O)N(C)c2ccccc2)cc1N. The van der Waals surface area contributed by atoms with Gasteiger partial charge in [-0.25, -0.2) is 0 Å². The fourth-order valence-corrected chi connectivity index (χ4v) is 1.91. The van der Waals surface area contributed by atoms with Crippen LogP contribution in [-0.4, -0.2) is 20.1 Å². The van der Waals surface area contributed by atoms with E-state index < -0.39 is 0 Å². The number of benzene rings is 2. The first-order chi connectivity index (χ1) is 10.1. The zero-order valence-electron chi connectivity index (χ0n) is 12.1. The third kappa shape index (κ3) is 3.63. The van der Waals surface area contributed by atoms with Gasteiger partial charge in [0.25, 0.3) is 5.91 Å². The van der Waals surface area contributed by atoms with Crippen LogP contribution in [0.4, 0.5) is 11.4 Å². The zero-order valence-corrected chi connectivity index (χ0v) is 12.1. The lowest BCUT2D eigenvalue weighted by Gasteiger charge is -2.14. The minimum atomic E-state index is -0.101. The Balaban J connectivity index is 2.10. The van der Waals surface area contributed by atoms with Crippen molar-refractivity contribution < 1.29 is 9.53 Å². The number of nitrogen functional groups attached to an aromatic ring is 1. The van der Waals surface area contributed by atoms with Crippen molar-refractivity contribution in [3.05, 3.63) is 60.2 Å². The summed E-state index contributed by atoms with van der Waals surface area (Å²) in [6.07, 6.45) is 3.26. The number of hydrogen-bond acceptors (Lipinski definition) is 3. The lowest BCUT2D eigenvalue weighted by Crippen LogP contribution is -2.23. The van der Waals surface area contributed by atoms with Gasteiger partial charge in [0.05, 0.1) is 12.8 Å². The molecule has 0 radical (unpaired) electrons. The average molecular weight is 282 g/mol. The van der Waals surface area contributed by atoms with Gasteiger partial charge in [0, 0.05) is 18.8 Å². The topological polar surface area (TPSA) is 55.6 Å². The Labute approximate surface area is 124 Å². The Morgan fingerprint density at radius 1 is 1.19 bits per heavy atom. The molecule has 2 aromatic carbocycles. The second-order valence-electron chi connectivity index (χ2n) is 4.57. The molecular formula is C17H18N2O2. The molecule has 0 fully saturated rings. The number of amides is 1. The fourth-order valence-electron chi connectivity index (χ4n) is 1.91. The first kappa shape index (κ1) is 14.7. The molecule has 0 atom stereocenters. The first-order valence-electron chi connectivity index (χ1n) is 6.56. The standard InChI is InChI=1S/C17H18N2O2/c1-19(14-6-4-3-5-7-14)17(20)11-9-13-8-10-16(21-2)15(18)12-13/h3-12H,18H2,1-2H3/b11-9+. The van der Waals surface area contributed by atoms with Crippen molar-refractivity contribution in [3.8, 4) is 5.75 Å². The molecule has 0 bridgehead atoms. The van der Waals surface area contributed by atoms with E-state index in [0.29, 0.717) is 11.4 Å². The Bertz CT molecular complexity index is 651. The summed E-state index contributed by atoms with van der Waals surface area (Å²) in [6, 6.07) is 14.9. The highest BCUT2D eigenvalue weighted by atomic mass is 16.5. The van der Waals surface area contributed by atoms with Gasteiger partial charge in [-0.1, -0.05) is 24.3 Å². The largest absolute Gasteiger partial charge is 0.495 e. The van der Waals surface area contributed by atoms with Crippen LogP contribution in [0.25, 0.3) is 6.08 Å². The van der Waals surface area contributed by atoms with Gasteiger partial charge in [-0.3, -0.25) is 4.79 Å². The van der Waals surface area contributed by atoms with Crippen LogP contribution in [0.3, 0.4) is 0 Å². The van der Waals surface area contributed by atoms with E-state index in [1.807, 2.05) is 36.4 Å². The molecule has 108 valence electrons. The Morgan fingerprint density at radius 3 is 2.52 bits per heavy atom. The van der Waals surface area contributed by atoms with Gasteiger partial charge < -0.3 is 15.4 Å². The molecule has 4 nitrogen and oxygen atoms in total. The van der Waals surface area contributed by atoms with Gasteiger partial charge in [0.2, 0.25) is 0 Å². The van der Waals surface area contributed by atoms with E-state index in [-0.39, 0.29) is 5.91 Å². The molecule has 2 N–H and O–H groups in total. The van der Waals surface area contributed by atoms with Gasteiger partial charge in [-0.05, 0) is 35.9 Å². The van der Waals surface area contributed by atoms with E-state index in [0.717, 1.165) is 11.3 Å². The van der Waals surface area contributed by atoms with Crippen molar-refractivity contribution in [2.45, 2.75) is 0 Å². The van der Waals surface area contributed by atoms with Gasteiger partial charge >= 0.3 is 0 Å². The summed E-state index contributed by atoms with van der Waals surface area (Å²) in [4.78, 5) is 13.7. The molecule has 2 rings (SSSR count). The second kappa shape index (κ2) is 6.61. The molecule has 0 saturated carbocycles. The predicted octanol–water partition coefficient (Wildman–Crippen LogP) is 2.95. The van der Waals surface area contributed by atoms with Crippen molar-refractivity contribution in [1.82, 2.24) is 0 Å². The lowest BCUT2D eigenvalue weighted by atomic mass is 10.1. The molecule has 0 aliphatic carbocycles. The van der Waals surface area contributed by atoms with Crippen molar-refractivity contribution in [3.63, 3.8) is 0 Å². The van der Waals surface area contributed by atoms with E-state index in [1.54, 1.807) is 37.3 Å². The van der Waals surface area contributed by atoms with E-state index in [9.17, 15) is 4.79 Å². The zero-order chi connectivity index (χ0) is 15.2. The van der Waals surface area contributed by atoms with Gasteiger partial charge in [-0.2, -0.15) is 0 Å². The van der Waals surface area contributed by atoms with Crippen LogP contribution in [0, 0.1) is 0 Å². The number of likely N-dealkylation sites (N-methyl/N-ethyl adjacent to an activating group) is 1. The quantitative estimate of drug-likeness (QED) is 0.693. The molecule has 0 aromatic heterocycles. The second-order valence-corrected chi connectivity index (χ2v) is 4.57. The maximum Gasteiger partial charge on any atom is 0.250 e. The lowest BCUT2D eigenvalue weighted by molar-refractivity contribution is -0.113. The number of para-hydroxylation sites is 1. The first-order valence-corrected chi connectivity index (χ1v) is 6.56. The summed E-state index contributed by atoms with van der Waals surface area (Å²) in [6.45, 7) is 0. The van der Waals surface area contributed by atoms with Crippen LogP contribution >= 0.6 is 0 Å². The maximum atomic E-state index is 12.1. The summed E-state index contributed by atoms with van der Waals surface area (Å²) in [5, 5.41) is 0. The minimum Gasteiger partial charge on any atom is -0.495 e. The predicted molar refractivity (Wildman–Crippen MR) is 86.3 cm³/mol. The molecule has 0 aliphatic heterocycles. The fraction of sp³-hybridized carbons (Fsp3) is 0.118. The van der Waals surface area contributed by atoms with Gasteiger partial charge in [0.1, 0.15) is 5.75 Å². The van der Waals surface area contributed by atoms with Crippen LogP contribution < -0.4 is 15.4 Å². The number of nitrogens with zero attached hydrogens (tertiary/aromatic N) is 1. The molecule has 0 spiro atoms. The monoisotopic (exact) mass is 282 g/mol. The van der Waals surface area contributed by atoms with E-state index in [2.05, 4.69) is 0 Å². The third-order valence-corrected chi connectivity index (χ3v) is 3.15. The highest BCUT2D eigenvalue weighted by molar-refractivity contribution is 6.03. The number of nitrogens with two attached hydrogens (primary N) is 1. The average Bonchev–Trinajstić information content (AvgIpc) is 2.52. The van der Waals surface area contributed by atoms with Crippen LogP contribution in [0.2, 0.25) is 0 Å². The number of hydrogen-bond donors (Lipinski definition) is 1. The van der Waals surface area contributed by atoms with Crippen LogP contribution in [0.1, 0.15) is 5.56 Å². The smallest absolute Gasteiger partial charge is 0.250 e. The molecule has 0 saturated heterocycles. The number of carbonyl (C=O) groups is 1. The molecule has 1 amide bonds. The molecule has 0 aliphatic rings. The molecule has 21 heavy (non-hydrogen) atoms. The van der Waals surface area contributed by atoms with Crippen molar-refractivity contribution in [2.75, 3.05) is 24.8 Å². The number of methoxy groups -OCH3 is 1. The molecule has 2 aromatic rings. The third-order valence-electron chi connectivity index (χ3n) is 3.15. The van der Waals surface area contributed by atoms with Crippen molar-refractivity contribution >= 4 is 23.4 Å². The highest BCUT2D eigenvalue weighted by Crippen LogP contribution is 2.22. The summed E-state index contributed by atoms with van der Waals surface area (Å²) in [5.74, 6) is 0.524. The summed E-state index contributed by atoms with van der Waals surface area (Å²) >= 11 is 0. The van der Waals surface area contributed by atoms with Gasteiger partial charge in [0.15, 0.2) is 0 Å².